The number of allylic oxidation sites excluding steroid dienone is 1. The first-order chi connectivity index (χ1) is 11.0. The first kappa shape index (κ1) is 17.1. The van der Waals surface area contributed by atoms with Gasteiger partial charge in [0.25, 0.3) is 0 Å². The second-order valence-corrected chi connectivity index (χ2v) is 5.48. The van der Waals surface area contributed by atoms with Crippen LogP contribution in [-0.4, -0.2) is 38.7 Å². The largest absolute Gasteiger partial charge is 0.386 e. The van der Waals surface area contributed by atoms with E-state index < -0.39 is 11.9 Å². The van der Waals surface area contributed by atoms with Crippen molar-refractivity contribution in [2.45, 2.75) is 51.7 Å². The molecule has 1 aromatic rings. The lowest BCUT2D eigenvalue weighted by molar-refractivity contribution is 0.165. The van der Waals surface area contributed by atoms with Crippen molar-refractivity contribution in [3.8, 4) is 6.07 Å². The molecule has 0 aliphatic heterocycles. The van der Waals surface area contributed by atoms with Gasteiger partial charge < -0.3 is 15.7 Å². The van der Waals surface area contributed by atoms with E-state index in [9.17, 15) is 9.50 Å². The summed E-state index contributed by atoms with van der Waals surface area (Å²) in [5, 5.41) is 24.4. The summed E-state index contributed by atoms with van der Waals surface area (Å²) in [4.78, 5) is 12.7. The van der Waals surface area contributed by atoms with Gasteiger partial charge in [0.2, 0.25) is 11.9 Å². The minimum atomic E-state index is -1.09. The summed E-state index contributed by atoms with van der Waals surface area (Å²) >= 11 is 0. The van der Waals surface area contributed by atoms with Crippen molar-refractivity contribution in [1.29, 1.82) is 5.26 Å². The summed E-state index contributed by atoms with van der Waals surface area (Å²) in [6, 6.07) is 1.93. The number of aliphatic hydroxyl groups excluding tert-OH is 1. The fraction of sp³-hybridized carbons (Fsp3) is 0.600. The van der Waals surface area contributed by atoms with Crippen molar-refractivity contribution in [2.75, 3.05) is 17.2 Å². The minimum absolute atomic E-state index is 0.138. The first-order valence-electron chi connectivity index (χ1n) is 7.75. The fourth-order valence-electron chi connectivity index (χ4n) is 2.36. The molecule has 0 saturated heterocycles. The van der Waals surface area contributed by atoms with Crippen LogP contribution in [0.1, 0.15) is 45.4 Å². The molecule has 0 fully saturated rings. The Morgan fingerprint density at radius 3 is 2.83 bits per heavy atom. The minimum Gasteiger partial charge on any atom is -0.386 e. The second-order valence-electron chi connectivity index (χ2n) is 5.48. The highest BCUT2D eigenvalue weighted by Crippen LogP contribution is 2.32. The maximum absolute atomic E-state index is 14.2. The smallest absolute Gasteiger partial charge is 0.228 e. The highest BCUT2D eigenvalue weighted by Gasteiger charge is 2.25. The standard InChI is InChI=1S/C15H21FN6O/c1-3-18-14-20-13(10-5-4-6-11(23)12(10)16)21-15(22-14)19-9(2)7-8-17/h9,11,23H,3-7H2,1-2H3,(H2,18,19,20,21,22). The second kappa shape index (κ2) is 7.83. The molecule has 0 bridgehead atoms. The normalized spacial score (nSPS) is 19.2. The number of halogens is 1. The van der Waals surface area contributed by atoms with Gasteiger partial charge in [0.1, 0.15) is 11.9 Å². The lowest BCUT2D eigenvalue weighted by Gasteiger charge is -2.20. The third-order valence-corrected chi connectivity index (χ3v) is 3.50. The van der Waals surface area contributed by atoms with Gasteiger partial charge in [0.15, 0.2) is 5.82 Å². The number of nitriles is 1. The highest BCUT2D eigenvalue weighted by atomic mass is 19.1. The van der Waals surface area contributed by atoms with Crippen LogP contribution in [0.5, 0.6) is 0 Å². The molecule has 0 radical (unpaired) electrons. The summed E-state index contributed by atoms with van der Waals surface area (Å²) in [5.41, 5.74) is 0.321. The average molecular weight is 320 g/mol. The SMILES string of the molecule is CCNc1nc(NC(C)CC#N)nc(C2=C(F)C(O)CCC2)n1. The zero-order valence-corrected chi connectivity index (χ0v) is 13.3. The van der Waals surface area contributed by atoms with Crippen LogP contribution >= 0.6 is 0 Å². The number of anilines is 2. The Bertz CT molecular complexity index is 627. The number of aliphatic hydroxyl groups is 1. The molecule has 7 nitrogen and oxygen atoms in total. The first-order valence-corrected chi connectivity index (χ1v) is 7.75. The molecular weight excluding hydrogens is 299 g/mol. The molecule has 0 spiro atoms. The lowest BCUT2D eigenvalue weighted by atomic mass is 9.96. The van der Waals surface area contributed by atoms with Crippen LogP contribution in [0.3, 0.4) is 0 Å². The van der Waals surface area contributed by atoms with Crippen LogP contribution in [0, 0.1) is 11.3 Å². The highest BCUT2D eigenvalue weighted by molar-refractivity contribution is 5.65. The number of nitrogens with zero attached hydrogens (tertiary/aromatic N) is 4. The average Bonchev–Trinajstić information content (AvgIpc) is 2.50. The van der Waals surface area contributed by atoms with E-state index in [0.29, 0.717) is 43.7 Å². The van der Waals surface area contributed by atoms with E-state index in [0.717, 1.165) is 0 Å². The van der Waals surface area contributed by atoms with Crippen molar-refractivity contribution >= 4 is 17.5 Å². The molecular formula is C15H21FN6O. The van der Waals surface area contributed by atoms with Crippen LogP contribution in [0.2, 0.25) is 0 Å². The predicted octanol–water partition coefficient (Wildman–Crippen LogP) is 2.24. The van der Waals surface area contributed by atoms with E-state index >= 15 is 0 Å². The quantitative estimate of drug-likeness (QED) is 0.738. The van der Waals surface area contributed by atoms with Crippen molar-refractivity contribution in [2.24, 2.45) is 0 Å². The van der Waals surface area contributed by atoms with Gasteiger partial charge in [-0.3, -0.25) is 0 Å². The van der Waals surface area contributed by atoms with E-state index in [1.165, 1.54) is 0 Å². The van der Waals surface area contributed by atoms with Gasteiger partial charge in [0, 0.05) is 18.2 Å². The van der Waals surface area contributed by atoms with E-state index in [-0.39, 0.29) is 17.8 Å². The summed E-state index contributed by atoms with van der Waals surface area (Å²) in [6.07, 6.45) is 0.774. The Labute approximate surface area is 134 Å². The molecule has 0 amide bonds. The molecule has 1 aromatic heterocycles. The van der Waals surface area contributed by atoms with Gasteiger partial charge in [-0.15, -0.1) is 0 Å². The molecule has 1 aliphatic carbocycles. The molecule has 2 rings (SSSR count). The Morgan fingerprint density at radius 2 is 2.13 bits per heavy atom. The Balaban J connectivity index is 2.37. The summed E-state index contributed by atoms with van der Waals surface area (Å²) < 4.78 is 14.2. The monoisotopic (exact) mass is 320 g/mol. The Morgan fingerprint density at radius 1 is 1.39 bits per heavy atom. The Hall–Kier alpha value is -2.27. The number of nitrogens with one attached hydrogen (secondary N) is 2. The van der Waals surface area contributed by atoms with Crippen molar-refractivity contribution in [3.63, 3.8) is 0 Å². The van der Waals surface area contributed by atoms with Gasteiger partial charge in [-0.25, -0.2) is 4.39 Å². The molecule has 3 N–H and O–H groups in total. The van der Waals surface area contributed by atoms with Crippen LogP contribution in [0.15, 0.2) is 5.83 Å². The van der Waals surface area contributed by atoms with Crippen molar-refractivity contribution in [1.82, 2.24) is 15.0 Å². The van der Waals surface area contributed by atoms with Crippen molar-refractivity contribution < 1.29 is 9.50 Å². The predicted molar refractivity (Wildman–Crippen MR) is 85.2 cm³/mol. The van der Waals surface area contributed by atoms with E-state index in [4.69, 9.17) is 5.26 Å². The van der Waals surface area contributed by atoms with E-state index in [1.807, 2.05) is 13.8 Å². The summed E-state index contributed by atoms with van der Waals surface area (Å²) in [5.74, 6) is 0.276. The van der Waals surface area contributed by atoms with Gasteiger partial charge in [-0.2, -0.15) is 20.2 Å². The van der Waals surface area contributed by atoms with E-state index in [1.54, 1.807) is 0 Å². The maximum Gasteiger partial charge on any atom is 0.228 e. The van der Waals surface area contributed by atoms with Crippen LogP contribution < -0.4 is 10.6 Å². The molecule has 1 heterocycles. The van der Waals surface area contributed by atoms with E-state index in [2.05, 4.69) is 31.7 Å². The fourth-order valence-corrected chi connectivity index (χ4v) is 2.36. The lowest BCUT2D eigenvalue weighted by Crippen LogP contribution is -2.20. The molecule has 124 valence electrons. The van der Waals surface area contributed by atoms with Gasteiger partial charge in [0.05, 0.1) is 12.5 Å². The molecule has 1 aliphatic rings. The number of rotatable bonds is 6. The number of hydrogen-bond acceptors (Lipinski definition) is 7. The molecule has 2 atom stereocenters. The third-order valence-electron chi connectivity index (χ3n) is 3.50. The molecule has 0 aromatic carbocycles. The Kier molecular flexibility index (Phi) is 5.82. The van der Waals surface area contributed by atoms with Gasteiger partial charge in [-0.05, 0) is 33.1 Å². The number of hydrogen-bond donors (Lipinski definition) is 3. The van der Waals surface area contributed by atoms with Crippen molar-refractivity contribution in [3.05, 3.63) is 11.7 Å². The third kappa shape index (κ3) is 4.36. The molecule has 0 saturated carbocycles. The molecule has 8 heteroatoms. The maximum atomic E-state index is 14.2. The van der Waals surface area contributed by atoms with Crippen LogP contribution in [0.25, 0.3) is 5.57 Å². The van der Waals surface area contributed by atoms with Crippen LogP contribution in [0.4, 0.5) is 16.3 Å². The molecule has 23 heavy (non-hydrogen) atoms. The summed E-state index contributed by atoms with van der Waals surface area (Å²) in [6.45, 7) is 4.35. The molecule has 2 unspecified atom stereocenters. The van der Waals surface area contributed by atoms with Gasteiger partial charge >= 0.3 is 0 Å². The zero-order valence-electron chi connectivity index (χ0n) is 13.3. The topological polar surface area (TPSA) is 107 Å². The summed E-state index contributed by atoms with van der Waals surface area (Å²) in [7, 11) is 0. The zero-order chi connectivity index (χ0) is 16.8. The van der Waals surface area contributed by atoms with Gasteiger partial charge in [-0.1, -0.05) is 0 Å². The number of aromatic nitrogens is 3. The van der Waals surface area contributed by atoms with Crippen LogP contribution in [-0.2, 0) is 0 Å².